The normalized spacial score (nSPS) is 11.3. The van der Waals surface area contributed by atoms with Crippen LogP contribution in [-0.2, 0) is 14.8 Å². The summed E-state index contributed by atoms with van der Waals surface area (Å²) in [6, 6.07) is 15.2. The molecule has 10 heteroatoms. The molecule has 37 heavy (non-hydrogen) atoms. The van der Waals surface area contributed by atoms with Crippen LogP contribution in [0.25, 0.3) is 0 Å². The number of nitrogens with one attached hydrogen (secondary N) is 1. The standard InChI is InChI=1S/C27H31N3O6S/c1-18-7-9-23(10-8-18)37(32,33)30(22-12-19(2)11-20(3)13-22)17-26(31)29-28-16-21-14-24(34-4)27(36-6)25(15-21)35-5/h7-16H,17H2,1-6H3,(H,29,31)/b28-16+. The van der Waals surface area contributed by atoms with Crippen molar-refractivity contribution >= 4 is 27.8 Å². The number of nitrogens with zero attached hydrogens (tertiary/aromatic N) is 2. The smallest absolute Gasteiger partial charge is 0.264 e. The average molecular weight is 526 g/mol. The van der Waals surface area contributed by atoms with Crippen molar-refractivity contribution in [3.8, 4) is 17.2 Å². The van der Waals surface area contributed by atoms with Gasteiger partial charge in [-0.05, 0) is 68.3 Å². The fourth-order valence-corrected chi connectivity index (χ4v) is 5.17. The Balaban J connectivity index is 1.88. The van der Waals surface area contributed by atoms with Crippen molar-refractivity contribution in [2.45, 2.75) is 25.7 Å². The molecule has 3 aromatic rings. The van der Waals surface area contributed by atoms with Gasteiger partial charge in [-0.25, -0.2) is 13.8 Å². The Morgan fingerprint density at radius 1 is 0.865 bits per heavy atom. The first-order valence-electron chi connectivity index (χ1n) is 11.4. The van der Waals surface area contributed by atoms with Gasteiger partial charge in [0, 0.05) is 5.56 Å². The van der Waals surface area contributed by atoms with E-state index in [0.29, 0.717) is 28.5 Å². The summed E-state index contributed by atoms with van der Waals surface area (Å²) in [5, 5.41) is 4.00. The van der Waals surface area contributed by atoms with Gasteiger partial charge in [-0.2, -0.15) is 5.10 Å². The highest BCUT2D eigenvalue weighted by molar-refractivity contribution is 7.92. The zero-order valence-electron chi connectivity index (χ0n) is 21.7. The lowest BCUT2D eigenvalue weighted by molar-refractivity contribution is -0.119. The van der Waals surface area contributed by atoms with Gasteiger partial charge in [-0.3, -0.25) is 9.10 Å². The summed E-state index contributed by atoms with van der Waals surface area (Å²) in [7, 11) is 0.464. The molecule has 0 aromatic heterocycles. The van der Waals surface area contributed by atoms with Crippen molar-refractivity contribution < 1.29 is 27.4 Å². The van der Waals surface area contributed by atoms with Crippen LogP contribution in [0.15, 0.2) is 64.6 Å². The summed E-state index contributed by atoms with van der Waals surface area (Å²) >= 11 is 0. The van der Waals surface area contributed by atoms with Gasteiger partial charge in [0.1, 0.15) is 6.54 Å². The molecule has 0 atom stereocenters. The summed E-state index contributed by atoms with van der Waals surface area (Å²) in [5.41, 5.74) is 6.05. The third kappa shape index (κ3) is 6.59. The Morgan fingerprint density at radius 3 is 1.95 bits per heavy atom. The number of carbonyl (C=O) groups is 1. The number of aryl methyl sites for hydroxylation is 3. The Hall–Kier alpha value is -4.05. The van der Waals surface area contributed by atoms with Crippen molar-refractivity contribution in [2.24, 2.45) is 5.10 Å². The lowest BCUT2D eigenvalue weighted by atomic mass is 10.1. The molecule has 0 saturated heterocycles. The molecule has 0 unspecified atom stereocenters. The predicted molar refractivity (Wildman–Crippen MR) is 143 cm³/mol. The molecule has 9 nitrogen and oxygen atoms in total. The fourth-order valence-electron chi connectivity index (χ4n) is 3.77. The van der Waals surface area contributed by atoms with Crippen LogP contribution in [0.4, 0.5) is 5.69 Å². The highest BCUT2D eigenvalue weighted by Crippen LogP contribution is 2.37. The quantitative estimate of drug-likeness (QED) is 0.317. The molecule has 0 bridgehead atoms. The summed E-state index contributed by atoms with van der Waals surface area (Å²) in [5.74, 6) is 0.676. The van der Waals surface area contributed by atoms with Crippen molar-refractivity contribution in [3.63, 3.8) is 0 Å². The van der Waals surface area contributed by atoms with Crippen LogP contribution in [0.3, 0.4) is 0 Å². The summed E-state index contributed by atoms with van der Waals surface area (Å²) in [6.45, 7) is 5.15. The number of ether oxygens (including phenoxy) is 3. The van der Waals surface area contributed by atoms with E-state index in [1.165, 1.54) is 39.7 Å². The summed E-state index contributed by atoms with van der Waals surface area (Å²) in [6.07, 6.45) is 1.40. The Kier molecular flexibility index (Phi) is 8.77. The molecule has 0 heterocycles. The number of carbonyl (C=O) groups excluding carboxylic acids is 1. The minimum Gasteiger partial charge on any atom is -0.493 e. The SMILES string of the molecule is COc1cc(/C=N/NC(=O)CN(c2cc(C)cc(C)c2)S(=O)(=O)c2ccc(C)cc2)cc(OC)c1OC. The summed E-state index contributed by atoms with van der Waals surface area (Å²) < 4.78 is 44.2. The van der Waals surface area contributed by atoms with Gasteiger partial charge in [0.25, 0.3) is 15.9 Å². The number of rotatable bonds is 10. The molecule has 1 amide bonds. The first-order chi connectivity index (χ1) is 17.6. The van der Waals surface area contributed by atoms with E-state index < -0.39 is 22.5 Å². The number of hydrazone groups is 1. The Labute approximate surface area is 217 Å². The van der Waals surface area contributed by atoms with Gasteiger partial charge in [0.2, 0.25) is 5.75 Å². The molecule has 196 valence electrons. The van der Waals surface area contributed by atoms with Gasteiger partial charge in [-0.1, -0.05) is 23.8 Å². The molecule has 0 aliphatic carbocycles. The van der Waals surface area contributed by atoms with E-state index in [0.717, 1.165) is 21.0 Å². The highest BCUT2D eigenvalue weighted by Gasteiger charge is 2.27. The number of hydrogen-bond acceptors (Lipinski definition) is 7. The van der Waals surface area contributed by atoms with Crippen LogP contribution < -0.4 is 23.9 Å². The van der Waals surface area contributed by atoms with E-state index in [1.807, 2.05) is 26.8 Å². The fraction of sp³-hybridized carbons (Fsp3) is 0.259. The molecule has 0 saturated carbocycles. The van der Waals surface area contributed by atoms with Crippen molar-refractivity contribution in [2.75, 3.05) is 32.2 Å². The highest BCUT2D eigenvalue weighted by atomic mass is 32.2. The van der Waals surface area contributed by atoms with E-state index in [-0.39, 0.29) is 4.90 Å². The van der Waals surface area contributed by atoms with Crippen LogP contribution >= 0.6 is 0 Å². The lowest BCUT2D eigenvalue weighted by Gasteiger charge is -2.24. The number of amides is 1. The Bertz CT molecular complexity index is 1360. The minimum absolute atomic E-state index is 0.0889. The summed E-state index contributed by atoms with van der Waals surface area (Å²) in [4.78, 5) is 13.0. The first-order valence-corrected chi connectivity index (χ1v) is 12.8. The van der Waals surface area contributed by atoms with Crippen LogP contribution in [0.1, 0.15) is 22.3 Å². The molecule has 1 N–H and O–H groups in total. The average Bonchev–Trinajstić information content (AvgIpc) is 2.86. The largest absolute Gasteiger partial charge is 0.493 e. The number of anilines is 1. The monoisotopic (exact) mass is 525 g/mol. The molecule has 0 aliphatic rings. The second kappa shape index (κ2) is 11.8. The number of sulfonamides is 1. The molecule has 3 aromatic carbocycles. The zero-order valence-corrected chi connectivity index (χ0v) is 22.5. The van der Waals surface area contributed by atoms with Gasteiger partial charge in [0.15, 0.2) is 11.5 Å². The molecular formula is C27H31N3O6S. The van der Waals surface area contributed by atoms with E-state index in [4.69, 9.17) is 14.2 Å². The van der Waals surface area contributed by atoms with E-state index in [9.17, 15) is 13.2 Å². The van der Waals surface area contributed by atoms with Crippen LogP contribution in [0.2, 0.25) is 0 Å². The second-order valence-electron chi connectivity index (χ2n) is 8.42. The third-order valence-corrected chi connectivity index (χ3v) is 7.27. The van der Waals surface area contributed by atoms with E-state index in [1.54, 1.807) is 36.4 Å². The number of hydrogen-bond donors (Lipinski definition) is 1. The maximum Gasteiger partial charge on any atom is 0.264 e. The van der Waals surface area contributed by atoms with Crippen molar-refractivity contribution in [3.05, 3.63) is 76.9 Å². The van der Waals surface area contributed by atoms with Crippen molar-refractivity contribution in [1.29, 1.82) is 0 Å². The minimum atomic E-state index is -4.03. The van der Waals surface area contributed by atoms with Gasteiger partial charge in [0.05, 0.1) is 38.1 Å². The third-order valence-electron chi connectivity index (χ3n) is 5.48. The first kappa shape index (κ1) is 27.5. The second-order valence-corrected chi connectivity index (χ2v) is 10.3. The van der Waals surface area contributed by atoms with E-state index in [2.05, 4.69) is 10.5 Å². The van der Waals surface area contributed by atoms with Gasteiger partial charge < -0.3 is 14.2 Å². The molecule has 0 aliphatic heterocycles. The number of benzene rings is 3. The van der Waals surface area contributed by atoms with E-state index >= 15 is 0 Å². The van der Waals surface area contributed by atoms with Crippen LogP contribution in [-0.4, -0.2) is 48.4 Å². The molecular weight excluding hydrogens is 494 g/mol. The van der Waals surface area contributed by atoms with Crippen LogP contribution in [0.5, 0.6) is 17.2 Å². The van der Waals surface area contributed by atoms with Crippen molar-refractivity contribution in [1.82, 2.24) is 5.43 Å². The van der Waals surface area contributed by atoms with Crippen LogP contribution in [0, 0.1) is 20.8 Å². The molecule has 3 rings (SSSR count). The molecule has 0 fully saturated rings. The lowest BCUT2D eigenvalue weighted by Crippen LogP contribution is -2.39. The van der Waals surface area contributed by atoms with Gasteiger partial charge in [-0.15, -0.1) is 0 Å². The maximum atomic E-state index is 13.6. The van der Waals surface area contributed by atoms with Gasteiger partial charge >= 0.3 is 0 Å². The predicted octanol–water partition coefficient (Wildman–Crippen LogP) is 3.98. The maximum absolute atomic E-state index is 13.6. The number of methoxy groups -OCH3 is 3. The molecule has 0 radical (unpaired) electrons. The Morgan fingerprint density at radius 2 is 1.43 bits per heavy atom. The molecule has 0 spiro atoms. The zero-order chi connectivity index (χ0) is 27.2. The topological polar surface area (TPSA) is 107 Å².